The minimum Gasteiger partial charge on any atom is -0.397 e. The molecule has 1 saturated heterocycles. The molecular weight excluding hydrogens is 306 g/mol. The molecule has 0 radical (unpaired) electrons. The fraction of sp³-hybridized carbons (Fsp3) is 0.533. The molecule has 3 N–H and O–H groups in total. The number of carbonyl (C=O) groups excluding carboxylic acids is 1. The summed E-state index contributed by atoms with van der Waals surface area (Å²) in [5, 5.41) is 3.37. The first kappa shape index (κ1) is 16.5. The van der Waals surface area contributed by atoms with E-state index >= 15 is 0 Å². The number of nitrogen functional groups attached to an aromatic ring is 1. The summed E-state index contributed by atoms with van der Waals surface area (Å²) in [7, 11) is 0. The zero-order valence-corrected chi connectivity index (χ0v) is 14.1. The number of rotatable bonds is 3. The van der Waals surface area contributed by atoms with E-state index < -0.39 is 0 Å². The minimum absolute atomic E-state index is 0.0126. The third kappa shape index (κ3) is 5.09. The summed E-state index contributed by atoms with van der Waals surface area (Å²) in [6, 6.07) is 5.14. The van der Waals surface area contributed by atoms with Gasteiger partial charge in [-0.15, -0.1) is 0 Å². The SMILES string of the molecule is CC1(C)CCN(CC(=O)Nc2ccc(Cl)c(N)c2)CCS1. The highest BCUT2D eigenvalue weighted by molar-refractivity contribution is 8.00. The van der Waals surface area contributed by atoms with Gasteiger partial charge in [-0.25, -0.2) is 0 Å². The first-order valence-corrected chi connectivity index (χ1v) is 8.43. The largest absolute Gasteiger partial charge is 0.397 e. The Bertz CT molecular complexity index is 522. The molecule has 4 nitrogen and oxygen atoms in total. The normalized spacial score (nSPS) is 19.0. The van der Waals surface area contributed by atoms with E-state index in [1.54, 1.807) is 18.2 Å². The molecule has 1 aliphatic heterocycles. The summed E-state index contributed by atoms with van der Waals surface area (Å²) >= 11 is 7.84. The predicted molar refractivity (Wildman–Crippen MR) is 92.1 cm³/mol. The average Bonchev–Trinajstić information content (AvgIpc) is 2.55. The molecule has 0 spiro atoms. The van der Waals surface area contributed by atoms with Crippen LogP contribution in [0.3, 0.4) is 0 Å². The zero-order valence-electron chi connectivity index (χ0n) is 12.5. The third-order valence-corrected chi connectivity index (χ3v) is 5.29. The molecule has 0 unspecified atom stereocenters. The van der Waals surface area contributed by atoms with Gasteiger partial charge in [0, 0.05) is 29.3 Å². The van der Waals surface area contributed by atoms with Crippen LogP contribution in [0.5, 0.6) is 0 Å². The van der Waals surface area contributed by atoms with Crippen LogP contribution in [0, 0.1) is 0 Å². The van der Waals surface area contributed by atoms with Crippen molar-refractivity contribution in [2.24, 2.45) is 0 Å². The molecule has 1 fully saturated rings. The lowest BCUT2D eigenvalue weighted by atomic mass is 10.1. The number of hydrogen-bond donors (Lipinski definition) is 2. The maximum absolute atomic E-state index is 12.1. The van der Waals surface area contributed by atoms with Gasteiger partial charge in [-0.3, -0.25) is 9.69 Å². The van der Waals surface area contributed by atoms with E-state index in [-0.39, 0.29) is 5.91 Å². The summed E-state index contributed by atoms with van der Waals surface area (Å²) in [6.07, 6.45) is 1.10. The average molecular weight is 328 g/mol. The zero-order chi connectivity index (χ0) is 15.5. The molecule has 116 valence electrons. The van der Waals surface area contributed by atoms with Crippen LogP contribution in [0.2, 0.25) is 5.02 Å². The number of thioether (sulfide) groups is 1. The Morgan fingerprint density at radius 1 is 1.48 bits per heavy atom. The highest BCUT2D eigenvalue weighted by Gasteiger charge is 2.24. The molecule has 0 atom stereocenters. The van der Waals surface area contributed by atoms with Gasteiger partial charge in [0.2, 0.25) is 5.91 Å². The Morgan fingerprint density at radius 2 is 2.24 bits per heavy atom. The second-order valence-corrected chi connectivity index (χ2v) is 8.13. The summed E-state index contributed by atoms with van der Waals surface area (Å²) in [6.45, 7) is 6.84. The van der Waals surface area contributed by atoms with Crippen LogP contribution in [0.4, 0.5) is 11.4 Å². The maximum Gasteiger partial charge on any atom is 0.238 e. The second kappa shape index (κ2) is 6.90. The first-order valence-electron chi connectivity index (χ1n) is 7.07. The van der Waals surface area contributed by atoms with Crippen LogP contribution in [-0.4, -0.2) is 40.9 Å². The number of benzene rings is 1. The van der Waals surface area contributed by atoms with E-state index in [1.165, 1.54) is 0 Å². The lowest BCUT2D eigenvalue weighted by Gasteiger charge is -2.22. The molecule has 0 aromatic heterocycles. The molecule has 1 aliphatic rings. The maximum atomic E-state index is 12.1. The molecule has 1 aromatic rings. The topological polar surface area (TPSA) is 58.4 Å². The number of nitrogens with zero attached hydrogens (tertiary/aromatic N) is 1. The summed E-state index contributed by atoms with van der Waals surface area (Å²) in [4.78, 5) is 14.3. The van der Waals surface area contributed by atoms with Crippen molar-refractivity contribution in [3.63, 3.8) is 0 Å². The van der Waals surface area contributed by atoms with Crippen LogP contribution in [-0.2, 0) is 4.79 Å². The number of carbonyl (C=O) groups is 1. The van der Waals surface area contributed by atoms with Crippen molar-refractivity contribution in [2.75, 3.05) is 36.4 Å². The van der Waals surface area contributed by atoms with E-state index in [0.29, 0.717) is 27.7 Å². The van der Waals surface area contributed by atoms with Crippen LogP contribution in [0.15, 0.2) is 18.2 Å². The van der Waals surface area contributed by atoms with Crippen molar-refractivity contribution in [2.45, 2.75) is 25.0 Å². The fourth-order valence-electron chi connectivity index (χ4n) is 2.25. The Morgan fingerprint density at radius 3 is 2.95 bits per heavy atom. The van der Waals surface area contributed by atoms with E-state index in [0.717, 1.165) is 25.3 Å². The number of halogens is 1. The molecule has 0 aliphatic carbocycles. The van der Waals surface area contributed by atoms with Gasteiger partial charge in [-0.05, 0) is 24.6 Å². The number of nitrogens with two attached hydrogens (primary N) is 1. The van der Waals surface area contributed by atoms with Crippen LogP contribution in [0.1, 0.15) is 20.3 Å². The predicted octanol–water partition coefficient (Wildman–Crippen LogP) is 3.08. The number of nitrogens with one attached hydrogen (secondary N) is 1. The summed E-state index contributed by atoms with van der Waals surface area (Å²) < 4.78 is 0.301. The van der Waals surface area contributed by atoms with Gasteiger partial charge < -0.3 is 11.1 Å². The fourth-order valence-corrected chi connectivity index (χ4v) is 3.50. The van der Waals surface area contributed by atoms with Gasteiger partial charge >= 0.3 is 0 Å². The number of anilines is 2. The molecule has 0 bridgehead atoms. The Balaban J connectivity index is 1.88. The van der Waals surface area contributed by atoms with Crippen LogP contribution >= 0.6 is 23.4 Å². The van der Waals surface area contributed by atoms with Gasteiger partial charge in [-0.2, -0.15) is 11.8 Å². The second-order valence-electron chi connectivity index (χ2n) is 5.92. The lowest BCUT2D eigenvalue weighted by molar-refractivity contribution is -0.117. The molecule has 0 saturated carbocycles. The van der Waals surface area contributed by atoms with Gasteiger partial charge in [0.1, 0.15) is 0 Å². The molecule has 1 aromatic carbocycles. The Labute approximate surface area is 135 Å². The Hall–Kier alpha value is -0.910. The van der Waals surface area contributed by atoms with Crippen LogP contribution in [0.25, 0.3) is 0 Å². The number of amides is 1. The standard InChI is InChI=1S/C15H22ClN3OS/c1-15(2)5-6-19(7-8-21-15)10-14(20)18-11-3-4-12(16)13(17)9-11/h3-4,9H,5-8,10,17H2,1-2H3,(H,18,20). The van der Waals surface area contributed by atoms with E-state index in [2.05, 4.69) is 24.1 Å². The van der Waals surface area contributed by atoms with Gasteiger partial charge in [0.25, 0.3) is 0 Å². The molecule has 1 amide bonds. The monoisotopic (exact) mass is 327 g/mol. The van der Waals surface area contributed by atoms with Crippen molar-refractivity contribution in [1.82, 2.24) is 4.90 Å². The van der Waals surface area contributed by atoms with E-state index in [4.69, 9.17) is 17.3 Å². The minimum atomic E-state index is -0.0126. The quantitative estimate of drug-likeness (QED) is 0.838. The van der Waals surface area contributed by atoms with Crippen LogP contribution < -0.4 is 11.1 Å². The summed E-state index contributed by atoms with van der Waals surface area (Å²) in [5.41, 5.74) is 6.90. The molecule has 1 heterocycles. The summed E-state index contributed by atoms with van der Waals surface area (Å²) in [5.74, 6) is 1.05. The van der Waals surface area contributed by atoms with Gasteiger partial charge in [-0.1, -0.05) is 25.4 Å². The van der Waals surface area contributed by atoms with Gasteiger partial charge in [0.15, 0.2) is 0 Å². The van der Waals surface area contributed by atoms with Crippen molar-refractivity contribution >= 4 is 40.6 Å². The number of hydrogen-bond acceptors (Lipinski definition) is 4. The lowest BCUT2D eigenvalue weighted by Crippen LogP contribution is -2.35. The third-order valence-electron chi connectivity index (χ3n) is 3.58. The van der Waals surface area contributed by atoms with Crippen molar-refractivity contribution < 1.29 is 4.79 Å². The van der Waals surface area contributed by atoms with E-state index in [1.807, 2.05) is 11.8 Å². The first-order chi connectivity index (χ1) is 9.85. The van der Waals surface area contributed by atoms with Crippen molar-refractivity contribution in [3.05, 3.63) is 23.2 Å². The van der Waals surface area contributed by atoms with Gasteiger partial charge in [0.05, 0.1) is 17.3 Å². The van der Waals surface area contributed by atoms with Crippen molar-refractivity contribution in [3.8, 4) is 0 Å². The molecule has 2 rings (SSSR count). The molecule has 6 heteroatoms. The van der Waals surface area contributed by atoms with E-state index in [9.17, 15) is 4.79 Å². The Kier molecular flexibility index (Phi) is 5.41. The molecule has 21 heavy (non-hydrogen) atoms. The smallest absolute Gasteiger partial charge is 0.238 e. The molecular formula is C15H22ClN3OS. The highest BCUT2D eigenvalue weighted by Crippen LogP contribution is 2.30. The van der Waals surface area contributed by atoms with Crippen molar-refractivity contribution in [1.29, 1.82) is 0 Å². The highest BCUT2D eigenvalue weighted by atomic mass is 35.5.